The molecule has 0 saturated carbocycles. The summed E-state index contributed by atoms with van der Waals surface area (Å²) in [6, 6.07) is 6.98. The van der Waals surface area contributed by atoms with Gasteiger partial charge in [0.25, 0.3) is 0 Å². The molecule has 2 heteroatoms. The molecule has 17 heavy (non-hydrogen) atoms. The molecule has 1 nitrogen and oxygen atoms in total. The van der Waals surface area contributed by atoms with Gasteiger partial charge in [-0.1, -0.05) is 39.8 Å². The molecule has 0 radical (unpaired) electrons. The summed E-state index contributed by atoms with van der Waals surface area (Å²) in [5, 5.41) is 3.48. The van der Waals surface area contributed by atoms with E-state index in [9.17, 15) is 4.39 Å². The van der Waals surface area contributed by atoms with Gasteiger partial charge in [0.05, 0.1) is 0 Å². The maximum atomic E-state index is 13.1. The van der Waals surface area contributed by atoms with E-state index in [1.807, 2.05) is 6.07 Å². The summed E-state index contributed by atoms with van der Waals surface area (Å²) in [4.78, 5) is 0. The quantitative estimate of drug-likeness (QED) is 0.811. The number of rotatable bonds is 5. The van der Waals surface area contributed by atoms with Crippen LogP contribution < -0.4 is 5.32 Å². The van der Waals surface area contributed by atoms with E-state index < -0.39 is 0 Å². The SMILES string of the molecule is CC(NCC(C)(C)C(C)C)c1cccc(F)c1. The second kappa shape index (κ2) is 5.63. The average molecular weight is 237 g/mol. The fraction of sp³-hybridized carbons (Fsp3) is 0.600. The molecule has 1 unspecified atom stereocenters. The first-order valence-electron chi connectivity index (χ1n) is 6.32. The summed E-state index contributed by atoms with van der Waals surface area (Å²) in [7, 11) is 0. The molecule has 0 aromatic heterocycles. The maximum absolute atomic E-state index is 13.1. The lowest BCUT2D eigenvalue weighted by atomic mass is 9.81. The van der Waals surface area contributed by atoms with E-state index in [-0.39, 0.29) is 17.3 Å². The minimum Gasteiger partial charge on any atom is -0.310 e. The Morgan fingerprint density at radius 2 is 1.88 bits per heavy atom. The first-order valence-corrected chi connectivity index (χ1v) is 6.32. The first-order chi connectivity index (χ1) is 7.83. The highest BCUT2D eigenvalue weighted by Gasteiger charge is 2.22. The molecule has 96 valence electrons. The van der Waals surface area contributed by atoms with E-state index in [0.717, 1.165) is 12.1 Å². The van der Waals surface area contributed by atoms with Crippen molar-refractivity contribution in [3.8, 4) is 0 Å². The highest BCUT2D eigenvalue weighted by atomic mass is 19.1. The van der Waals surface area contributed by atoms with Gasteiger partial charge >= 0.3 is 0 Å². The summed E-state index contributed by atoms with van der Waals surface area (Å²) in [5.74, 6) is 0.453. The van der Waals surface area contributed by atoms with Crippen molar-refractivity contribution in [2.45, 2.75) is 40.7 Å². The zero-order valence-corrected chi connectivity index (χ0v) is 11.5. The zero-order valence-electron chi connectivity index (χ0n) is 11.5. The molecule has 1 N–H and O–H groups in total. The predicted molar refractivity (Wildman–Crippen MR) is 71.4 cm³/mol. The highest BCUT2D eigenvalue weighted by Crippen LogP contribution is 2.26. The molecule has 1 aromatic rings. The van der Waals surface area contributed by atoms with Gasteiger partial charge in [0.2, 0.25) is 0 Å². The van der Waals surface area contributed by atoms with Gasteiger partial charge in [0.1, 0.15) is 5.82 Å². The minimum atomic E-state index is -0.167. The van der Waals surface area contributed by atoms with E-state index in [2.05, 4.69) is 39.9 Å². The molecule has 0 amide bonds. The Kier molecular flexibility index (Phi) is 4.70. The van der Waals surface area contributed by atoms with Crippen LogP contribution >= 0.6 is 0 Å². The minimum absolute atomic E-state index is 0.167. The number of hydrogen-bond acceptors (Lipinski definition) is 1. The Hall–Kier alpha value is -0.890. The number of benzene rings is 1. The third-order valence-electron chi connectivity index (χ3n) is 3.78. The Morgan fingerprint density at radius 1 is 1.24 bits per heavy atom. The van der Waals surface area contributed by atoms with Crippen LogP contribution in [-0.2, 0) is 0 Å². The fourth-order valence-electron chi connectivity index (χ4n) is 1.51. The van der Waals surface area contributed by atoms with Crippen molar-refractivity contribution in [3.63, 3.8) is 0 Å². The smallest absolute Gasteiger partial charge is 0.123 e. The number of nitrogens with one attached hydrogen (secondary N) is 1. The average Bonchev–Trinajstić information content (AvgIpc) is 2.25. The Labute approximate surface area is 104 Å². The predicted octanol–water partition coefficient (Wildman–Crippen LogP) is 4.16. The van der Waals surface area contributed by atoms with Gasteiger partial charge in [0.15, 0.2) is 0 Å². The van der Waals surface area contributed by atoms with E-state index in [4.69, 9.17) is 0 Å². The summed E-state index contributed by atoms with van der Waals surface area (Å²) in [6.07, 6.45) is 0. The molecular weight excluding hydrogens is 213 g/mol. The van der Waals surface area contributed by atoms with Crippen molar-refractivity contribution >= 4 is 0 Å². The lowest BCUT2D eigenvalue weighted by Gasteiger charge is -2.31. The monoisotopic (exact) mass is 237 g/mol. The summed E-state index contributed by atoms with van der Waals surface area (Å²) in [5.41, 5.74) is 1.26. The second-order valence-electron chi connectivity index (χ2n) is 5.80. The topological polar surface area (TPSA) is 12.0 Å². The fourth-order valence-corrected chi connectivity index (χ4v) is 1.51. The standard InChI is InChI=1S/C15H24FN/c1-11(2)15(4,5)10-17-12(3)13-7-6-8-14(16)9-13/h6-9,11-12,17H,10H2,1-5H3. The third kappa shape index (κ3) is 4.12. The molecule has 0 aliphatic carbocycles. The van der Waals surface area contributed by atoms with Crippen molar-refractivity contribution < 1.29 is 4.39 Å². The largest absolute Gasteiger partial charge is 0.310 e. The van der Waals surface area contributed by atoms with Crippen LogP contribution in [0.4, 0.5) is 4.39 Å². The van der Waals surface area contributed by atoms with E-state index in [1.165, 1.54) is 6.07 Å². The molecular formula is C15H24FN. The van der Waals surface area contributed by atoms with Crippen molar-refractivity contribution in [1.82, 2.24) is 5.32 Å². The van der Waals surface area contributed by atoms with Crippen LogP contribution in [0.5, 0.6) is 0 Å². The number of halogens is 1. The van der Waals surface area contributed by atoms with E-state index in [1.54, 1.807) is 12.1 Å². The lowest BCUT2D eigenvalue weighted by molar-refractivity contribution is 0.230. The van der Waals surface area contributed by atoms with Crippen LogP contribution in [0.25, 0.3) is 0 Å². The molecule has 1 atom stereocenters. The summed E-state index contributed by atoms with van der Waals surface area (Å²) in [6.45, 7) is 12.0. The molecule has 0 spiro atoms. The molecule has 0 saturated heterocycles. The lowest BCUT2D eigenvalue weighted by Crippen LogP contribution is -2.34. The maximum Gasteiger partial charge on any atom is 0.123 e. The molecule has 1 aromatic carbocycles. The van der Waals surface area contributed by atoms with Crippen LogP contribution in [0.1, 0.15) is 46.2 Å². The Balaban J connectivity index is 2.59. The normalized spacial score (nSPS) is 14.1. The van der Waals surface area contributed by atoms with E-state index >= 15 is 0 Å². The molecule has 1 rings (SSSR count). The van der Waals surface area contributed by atoms with Crippen molar-refractivity contribution in [3.05, 3.63) is 35.6 Å². The van der Waals surface area contributed by atoms with Crippen LogP contribution in [0.3, 0.4) is 0 Å². The van der Waals surface area contributed by atoms with Gasteiger partial charge in [-0.3, -0.25) is 0 Å². The molecule has 0 aliphatic heterocycles. The van der Waals surface area contributed by atoms with Crippen molar-refractivity contribution in [1.29, 1.82) is 0 Å². The van der Waals surface area contributed by atoms with Crippen LogP contribution in [0, 0.1) is 17.2 Å². The molecule has 0 fully saturated rings. The number of hydrogen-bond donors (Lipinski definition) is 1. The van der Waals surface area contributed by atoms with Gasteiger partial charge in [0, 0.05) is 12.6 Å². The van der Waals surface area contributed by atoms with E-state index in [0.29, 0.717) is 5.92 Å². The summed E-state index contributed by atoms with van der Waals surface area (Å²) < 4.78 is 13.1. The van der Waals surface area contributed by atoms with Gasteiger partial charge in [-0.05, 0) is 36.0 Å². The Morgan fingerprint density at radius 3 is 2.41 bits per heavy atom. The second-order valence-corrected chi connectivity index (χ2v) is 5.80. The van der Waals surface area contributed by atoms with Gasteiger partial charge < -0.3 is 5.32 Å². The van der Waals surface area contributed by atoms with Gasteiger partial charge in [-0.15, -0.1) is 0 Å². The van der Waals surface area contributed by atoms with Crippen LogP contribution in [0.15, 0.2) is 24.3 Å². The van der Waals surface area contributed by atoms with Crippen LogP contribution in [0.2, 0.25) is 0 Å². The highest BCUT2D eigenvalue weighted by molar-refractivity contribution is 5.19. The van der Waals surface area contributed by atoms with Crippen molar-refractivity contribution in [2.75, 3.05) is 6.54 Å². The third-order valence-corrected chi connectivity index (χ3v) is 3.78. The first kappa shape index (κ1) is 14.2. The van der Waals surface area contributed by atoms with Crippen LogP contribution in [-0.4, -0.2) is 6.54 Å². The summed E-state index contributed by atoms with van der Waals surface area (Å²) >= 11 is 0. The Bertz CT molecular complexity index is 358. The molecule has 0 heterocycles. The molecule has 0 aliphatic rings. The van der Waals surface area contributed by atoms with Gasteiger partial charge in [-0.25, -0.2) is 4.39 Å². The zero-order chi connectivity index (χ0) is 13.1. The van der Waals surface area contributed by atoms with Crippen molar-refractivity contribution in [2.24, 2.45) is 11.3 Å². The van der Waals surface area contributed by atoms with Gasteiger partial charge in [-0.2, -0.15) is 0 Å². The molecule has 0 bridgehead atoms.